The Balaban J connectivity index is 0.000000465. The molecule has 144 valence electrons. The minimum Gasteiger partial charge on any atom is -0.492 e. The van der Waals surface area contributed by atoms with Gasteiger partial charge in [0.05, 0.1) is 17.7 Å². The molecule has 7 heteroatoms. The van der Waals surface area contributed by atoms with Crippen molar-refractivity contribution in [2.45, 2.75) is 20.8 Å². The molecule has 1 aliphatic heterocycles. The number of nitrogens with zero attached hydrogens (tertiary/aromatic N) is 1. The minimum atomic E-state index is -6.00. The quantitative estimate of drug-likeness (QED) is 0.273. The molecule has 0 atom stereocenters. The van der Waals surface area contributed by atoms with E-state index in [9.17, 15) is 17.3 Å². The number of allylic oxidation sites excluding steroid dienone is 1. The normalized spacial score (nSPS) is 15.1. The van der Waals surface area contributed by atoms with E-state index in [1.807, 2.05) is 13.0 Å². The highest BCUT2D eigenvalue weighted by atomic mass is 19.5. The molecule has 1 aliphatic rings. The lowest BCUT2D eigenvalue weighted by Gasteiger charge is -2.12. The van der Waals surface area contributed by atoms with Gasteiger partial charge in [-0.15, -0.1) is 0 Å². The van der Waals surface area contributed by atoms with Gasteiger partial charge in [0.2, 0.25) is 5.69 Å². The second kappa shape index (κ2) is 8.89. The van der Waals surface area contributed by atoms with Gasteiger partial charge < -0.3 is 22.0 Å². The van der Waals surface area contributed by atoms with Gasteiger partial charge in [-0.05, 0) is 19.9 Å². The first-order chi connectivity index (χ1) is 12.8. The van der Waals surface area contributed by atoms with Crippen LogP contribution in [0.15, 0.2) is 54.6 Å². The average Bonchev–Trinajstić information content (AvgIpc) is 2.90. The van der Waals surface area contributed by atoms with Gasteiger partial charge in [0.15, 0.2) is 5.71 Å². The van der Waals surface area contributed by atoms with Crippen LogP contribution < -0.4 is 0 Å². The number of ether oxygens (including phenoxy) is 1. The van der Waals surface area contributed by atoms with E-state index in [-0.39, 0.29) is 0 Å². The van der Waals surface area contributed by atoms with E-state index in [4.69, 9.17) is 4.74 Å². The fourth-order valence-electron chi connectivity index (χ4n) is 3.16. The molecule has 0 N–H and O–H groups in total. The van der Waals surface area contributed by atoms with Crippen molar-refractivity contribution in [3.63, 3.8) is 0 Å². The van der Waals surface area contributed by atoms with Crippen LogP contribution in [0, 0.1) is 0 Å². The molecular weight excluding hydrogens is 357 g/mol. The van der Waals surface area contributed by atoms with Crippen LogP contribution in [0.25, 0.3) is 11.3 Å². The molecule has 0 radical (unpaired) electrons. The summed E-state index contributed by atoms with van der Waals surface area (Å²) in [5, 5.41) is 0. The molecular formula is C20H22BF4NO. The second-order valence-electron chi connectivity index (χ2n) is 5.84. The predicted octanol–water partition coefficient (Wildman–Crippen LogP) is 6.03. The number of benzene rings is 2. The fourth-order valence-corrected chi connectivity index (χ4v) is 3.16. The summed E-state index contributed by atoms with van der Waals surface area (Å²) in [6.07, 6.45) is 0. The second-order valence-corrected chi connectivity index (χ2v) is 5.84. The first kappa shape index (κ1) is 20.7. The number of para-hydroxylation sites is 1. The Morgan fingerprint density at radius 3 is 2.04 bits per heavy atom. The monoisotopic (exact) mass is 379 g/mol. The Labute approximate surface area is 156 Å². The van der Waals surface area contributed by atoms with Crippen molar-refractivity contribution in [1.82, 2.24) is 0 Å². The summed E-state index contributed by atoms with van der Waals surface area (Å²) in [6, 6.07) is 18.9. The van der Waals surface area contributed by atoms with Crippen LogP contribution in [-0.2, 0) is 4.74 Å². The van der Waals surface area contributed by atoms with Gasteiger partial charge in [-0.1, -0.05) is 42.5 Å². The van der Waals surface area contributed by atoms with Crippen molar-refractivity contribution in [1.29, 1.82) is 0 Å². The summed E-state index contributed by atoms with van der Waals surface area (Å²) in [4.78, 5) is 0. The molecule has 2 nitrogen and oxygen atoms in total. The van der Waals surface area contributed by atoms with Crippen LogP contribution in [0.2, 0.25) is 0 Å². The van der Waals surface area contributed by atoms with E-state index in [0.717, 1.165) is 17.9 Å². The number of fused-ring (bicyclic) bond motifs is 1. The third-order valence-corrected chi connectivity index (χ3v) is 4.10. The fraction of sp³-hybridized carbons (Fsp3) is 0.250. The van der Waals surface area contributed by atoms with Gasteiger partial charge in [0.1, 0.15) is 12.3 Å². The first-order valence-corrected chi connectivity index (χ1v) is 8.78. The lowest BCUT2D eigenvalue weighted by molar-refractivity contribution is -0.432. The largest absolute Gasteiger partial charge is 0.673 e. The van der Waals surface area contributed by atoms with Crippen LogP contribution in [0.5, 0.6) is 0 Å². The summed E-state index contributed by atoms with van der Waals surface area (Å²) in [5.74, 6) is 0.976. The standard InChI is InChI=1S/C20H22NO.BF4/c1-4-21-15(3)19(17-13-9-10-14-18(17)21)20(22-5-2)16-11-7-6-8-12-16;2-1(3,4)5/h6-14H,4-5H2,1-3H3;/q+1;-1/b20-19-;. The first-order valence-electron chi connectivity index (χ1n) is 8.78. The van der Waals surface area contributed by atoms with Gasteiger partial charge in [-0.3, -0.25) is 0 Å². The van der Waals surface area contributed by atoms with Crippen LogP contribution >= 0.6 is 0 Å². The van der Waals surface area contributed by atoms with E-state index >= 15 is 0 Å². The number of rotatable bonds is 4. The van der Waals surface area contributed by atoms with E-state index in [2.05, 4.69) is 67.0 Å². The van der Waals surface area contributed by atoms with E-state index < -0.39 is 7.25 Å². The summed E-state index contributed by atoms with van der Waals surface area (Å²) in [6.45, 7) is 8.03. The van der Waals surface area contributed by atoms with E-state index in [0.29, 0.717) is 6.61 Å². The molecule has 0 fully saturated rings. The Bertz CT molecular complexity index is 839. The van der Waals surface area contributed by atoms with Crippen molar-refractivity contribution in [2.75, 3.05) is 13.2 Å². The molecule has 2 aromatic carbocycles. The molecule has 0 unspecified atom stereocenters. The van der Waals surface area contributed by atoms with Crippen molar-refractivity contribution in [3.05, 3.63) is 65.7 Å². The van der Waals surface area contributed by atoms with Gasteiger partial charge in [-0.25, -0.2) is 0 Å². The third-order valence-electron chi connectivity index (χ3n) is 4.10. The van der Waals surface area contributed by atoms with Crippen molar-refractivity contribution < 1.29 is 26.6 Å². The van der Waals surface area contributed by atoms with Gasteiger partial charge in [0.25, 0.3) is 0 Å². The van der Waals surface area contributed by atoms with E-state index in [1.165, 1.54) is 22.5 Å². The molecule has 0 saturated heterocycles. The Hall–Kier alpha value is -2.57. The van der Waals surface area contributed by atoms with Crippen LogP contribution in [-0.4, -0.2) is 30.7 Å². The summed E-state index contributed by atoms with van der Waals surface area (Å²) < 4.78 is 47.4. The van der Waals surface area contributed by atoms with Crippen LogP contribution in [0.3, 0.4) is 0 Å². The zero-order valence-corrected chi connectivity index (χ0v) is 15.6. The maximum Gasteiger partial charge on any atom is 0.673 e. The maximum atomic E-state index is 9.75. The maximum absolute atomic E-state index is 9.75. The molecule has 0 aliphatic carbocycles. The lowest BCUT2D eigenvalue weighted by Crippen LogP contribution is -2.10. The Kier molecular flexibility index (Phi) is 6.83. The lowest BCUT2D eigenvalue weighted by atomic mass is 9.99. The highest BCUT2D eigenvalue weighted by molar-refractivity contribution is 6.50. The molecule has 27 heavy (non-hydrogen) atoms. The smallest absolute Gasteiger partial charge is 0.492 e. The summed E-state index contributed by atoms with van der Waals surface area (Å²) in [7, 11) is -6.00. The molecule has 0 bridgehead atoms. The molecule has 0 saturated carbocycles. The van der Waals surface area contributed by atoms with Crippen molar-refractivity contribution >= 4 is 30.0 Å². The third kappa shape index (κ3) is 5.22. The summed E-state index contributed by atoms with van der Waals surface area (Å²) in [5.41, 5.74) is 6.13. The molecule has 0 spiro atoms. The number of halogens is 4. The Morgan fingerprint density at radius 2 is 1.48 bits per heavy atom. The van der Waals surface area contributed by atoms with Gasteiger partial charge >= 0.3 is 7.25 Å². The number of hydrogen-bond donors (Lipinski definition) is 0. The molecule has 1 heterocycles. The van der Waals surface area contributed by atoms with Gasteiger partial charge in [-0.2, -0.15) is 4.58 Å². The average molecular weight is 379 g/mol. The minimum absolute atomic E-state index is 0.662. The predicted molar refractivity (Wildman–Crippen MR) is 103 cm³/mol. The molecule has 0 amide bonds. The highest BCUT2D eigenvalue weighted by Gasteiger charge is 2.33. The van der Waals surface area contributed by atoms with E-state index in [1.54, 1.807) is 0 Å². The molecule has 0 aromatic heterocycles. The summed E-state index contributed by atoms with van der Waals surface area (Å²) >= 11 is 0. The van der Waals surface area contributed by atoms with Crippen molar-refractivity contribution in [2.24, 2.45) is 0 Å². The molecule has 2 aromatic rings. The van der Waals surface area contributed by atoms with Gasteiger partial charge in [0, 0.05) is 18.6 Å². The SMILES string of the molecule is CCO/C(=C1/C(C)=[N+](CC)c2ccccc21)c1ccccc1.F[B-](F)(F)F. The zero-order valence-electron chi connectivity index (χ0n) is 15.6. The zero-order chi connectivity index (χ0) is 20.0. The molecule has 3 rings (SSSR count). The van der Waals surface area contributed by atoms with Crippen LogP contribution in [0.4, 0.5) is 23.0 Å². The van der Waals surface area contributed by atoms with Crippen LogP contribution in [0.1, 0.15) is 31.9 Å². The highest BCUT2D eigenvalue weighted by Crippen LogP contribution is 2.39. The Morgan fingerprint density at radius 1 is 0.926 bits per heavy atom. The number of hydrogen-bond acceptors (Lipinski definition) is 1. The van der Waals surface area contributed by atoms with Crippen molar-refractivity contribution in [3.8, 4) is 0 Å². The topological polar surface area (TPSA) is 12.2 Å².